The van der Waals surface area contributed by atoms with Gasteiger partial charge < -0.3 is 15.0 Å². The summed E-state index contributed by atoms with van der Waals surface area (Å²) in [4.78, 5) is 33.3. The van der Waals surface area contributed by atoms with Crippen LogP contribution in [0, 0.1) is 13.8 Å². The summed E-state index contributed by atoms with van der Waals surface area (Å²) in [5.41, 5.74) is 4.45. The lowest BCUT2D eigenvalue weighted by Gasteiger charge is -2.06. The van der Waals surface area contributed by atoms with E-state index in [-0.39, 0.29) is 12.5 Å². The van der Waals surface area contributed by atoms with Crippen molar-refractivity contribution in [2.75, 3.05) is 11.9 Å². The Morgan fingerprint density at radius 1 is 1.24 bits per heavy atom. The minimum absolute atomic E-state index is 0.283. The van der Waals surface area contributed by atoms with Gasteiger partial charge in [-0.1, -0.05) is 12.1 Å². The van der Waals surface area contributed by atoms with Crippen LogP contribution in [0.4, 0.5) is 5.69 Å². The van der Waals surface area contributed by atoms with Gasteiger partial charge in [0.15, 0.2) is 4.96 Å². The predicted molar refractivity (Wildman–Crippen MR) is 113 cm³/mol. The van der Waals surface area contributed by atoms with E-state index in [0.717, 1.165) is 16.2 Å². The molecule has 3 heterocycles. The Hall–Kier alpha value is -3.39. The van der Waals surface area contributed by atoms with Gasteiger partial charge in [0.25, 0.3) is 5.91 Å². The number of anilines is 1. The van der Waals surface area contributed by atoms with E-state index < -0.39 is 5.97 Å². The quantitative estimate of drug-likeness (QED) is 0.478. The molecule has 0 fully saturated rings. The number of thiazole rings is 1. The molecule has 0 spiro atoms. The minimum Gasteiger partial charge on any atom is -0.462 e. The van der Waals surface area contributed by atoms with Gasteiger partial charge in [0.1, 0.15) is 5.69 Å². The normalized spacial score (nSPS) is 11.0. The molecule has 1 amide bonds. The highest BCUT2D eigenvalue weighted by molar-refractivity contribution is 7.15. The van der Waals surface area contributed by atoms with Crippen LogP contribution in [0.5, 0.6) is 0 Å². The number of imidazole rings is 1. The SMILES string of the molecule is CCOC(=O)c1c(C)[nH]c(C(=O)Nc2ccc(-c3cn4ccsc4n3)cc2)c1C. The van der Waals surface area contributed by atoms with Crippen molar-refractivity contribution in [3.05, 3.63) is 64.6 Å². The molecule has 4 aromatic rings. The maximum absolute atomic E-state index is 12.7. The largest absolute Gasteiger partial charge is 0.462 e. The number of aryl methyl sites for hydroxylation is 1. The summed E-state index contributed by atoms with van der Waals surface area (Å²) in [5.74, 6) is -0.737. The van der Waals surface area contributed by atoms with E-state index in [1.165, 1.54) is 0 Å². The number of rotatable bonds is 5. The van der Waals surface area contributed by atoms with E-state index in [0.29, 0.717) is 28.2 Å². The van der Waals surface area contributed by atoms with Gasteiger partial charge in [0, 0.05) is 34.7 Å². The molecule has 4 rings (SSSR count). The second kappa shape index (κ2) is 7.56. The van der Waals surface area contributed by atoms with Crippen molar-refractivity contribution in [3.8, 4) is 11.3 Å². The molecule has 0 saturated heterocycles. The lowest BCUT2D eigenvalue weighted by Crippen LogP contribution is -2.14. The van der Waals surface area contributed by atoms with Gasteiger partial charge in [-0.15, -0.1) is 11.3 Å². The van der Waals surface area contributed by atoms with Crippen LogP contribution >= 0.6 is 11.3 Å². The predicted octanol–water partition coefficient (Wildman–Crippen LogP) is 4.44. The standard InChI is InChI=1S/C21H20N4O3S/c1-4-28-20(27)17-12(2)18(22-13(17)3)19(26)23-15-7-5-14(6-8-15)16-11-25-9-10-29-21(25)24-16/h5-11,22H,4H2,1-3H3,(H,23,26). The Morgan fingerprint density at radius 3 is 2.69 bits per heavy atom. The molecule has 0 unspecified atom stereocenters. The third-order valence-electron chi connectivity index (χ3n) is 4.68. The number of carbonyl (C=O) groups is 2. The zero-order valence-electron chi connectivity index (χ0n) is 16.3. The molecule has 0 atom stereocenters. The summed E-state index contributed by atoms with van der Waals surface area (Å²) in [6.45, 7) is 5.52. The molecule has 2 N–H and O–H groups in total. The van der Waals surface area contributed by atoms with Crippen LogP contribution in [-0.4, -0.2) is 32.9 Å². The molecule has 3 aromatic heterocycles. The van der Waals surface area contributed by atoms with Crippen molar-refractivity contribution in [2.24, 2.45) is 0 Å². The van der Waals surface area contributed by atoms with Crippen LogP contribution in [-0.2, 0) is 4.74 Å². The smallest absolute Gasteiger partial charge is 0.340 e. The Kier molecular flexibility index (Phi) is 4.94. The number of nitrogens with one attached hydrogen (secondary N) is 2. The van der Waals surface area contributed by atoms with Crippen molar-refractivity contribution in [1.82, 2.24) is 14.4 Å². The van der Waals surface area contributed by atoms with E-state index in [9.17, 15) is 9.59 Å². The van der Waals surface area contributed by atoms with Crippen molar-refractivity contribution >= 4 is 33.9 Å². The topological polar surface area (TPSA) is 88.5 Å². The Balaban J connectivity index is 1.52. The molecule has 0 bridgehead atoms. The molecule has 0 aliphatic rings. The summed E-state index contributed by atoms with van der Waals surface area (Å²) < 4.78 is 7.05. The molecular weight excluding hydrogens is 388 g/mol. The summed E-state index contributed by atoms with van der Waals surface area (Å²) in [5, 5.41) is 4.85. The zero-order valence-corrected chi connectivity index (χ0v) is 17.1. The molecular formula is C21H20N4O3S. The fourth-order valence-electron chi connectivity index (χ4n) is 3.27. The first-order chi connectivity index (χ1) is 14.0. The van der Waals surface area contributed by atoms with Crippen molar-refractivity contribution in [3.63, 3.8) is 0 Å². The molecule has 29 heavy (non-hydrogen) atoms. The number of esters is 1. The van der Waals surface area contributed by atoms with Gasteiger partial charge in [-0.05, 0) is 38.5 Å². The van der Waals surface area contributed by atoms with E-state index in [2.05, 4.69) is 15.3 Å². The number of ether oxygens (including phenoxy) is 1. The maximum Gasteiger partial charge on any atom is 0.340 e. The summed E-state index contributed by atoms with van der Waals surface area (Å²) in [6, 6.07) is 7.49. The average Bonchev–Trinajstić information content (AvgIpc) is 3.36. The first kappa shape index (κ1) is 18.9. The van der Waals surface area contributed by atoms with Crippen LogP contribution in [0.1, 0.15) is 39.0 Å². The molecule has 0 saturated carbocycles. The number of nitrogens with zero attached hydrogens (tertiary/aromatic N) is 2. The molecule has 148 valence electrons. The Labute approximate surface area is 171 Å². The van der Waals surface area contributed by atoms with Gasteiger partial charge in [-0.25, -0.2) is 9.78 Å². The molecule has 8 heteroatoms. The molecule has 0 aliphatic carbocycles. The molecule has 0 aliphatic heterocycles. The van der Waals surface area contributed by atoms with Gasteiger partial charge in [-0.3, -0.25) is 9.20 Å². The number of benzene rings is 1. The fraction of sp³-hybridized carbons (Fsp3) is 0.190. The third-order valence-corrected chi connectivity index (χ3v) is 5.45. The van der Waals surface area contributed by atoms with Gasteiger partial charge in [0.2, 0.25) is 0 Å². The highest BCUT2D eigenvalue weighted by atomic mass is 32.1. The second-order valence-electron chi connectivity index (χ2n) is 6.60. The van der Waals surface area contributed by atoms with E-state index in [1.54, 1.807) is 32.1 Å². The van der Waals surface area contributed by atoms with Crippen molar-refractivity contribution in [2.45, 2.75) is 20.8 Å². The van der Waals surface area contributed by atoms with Crippen LogP contribution in [0.3, 0.4) is 0 Å². The zero-order chi connectivity index (χ0) is 20.5. The highest BCUT2D eigenvalue weighted by Crippen LogP contribution is 2.24. The van der Waals surface area contributed by atoms with Crippen LogP contribution in [0.2, 0.25) is 0 Å². The summed E-state index contributed by atoms with van der Waals surface area (Å²) in [7, 11) is 0. The average molecular weight is 408 g/mol. The second-order valence-corrected chi connectivity index (χ2v) is 7.47. The molecule has 7 nitrogen and oxygen atoms in total. The highest BCUT2D eigenvalue weighted by Gasteiger charge is 2.22. The number of aromatic nitrogens is 3. The number of carbonyl (C=O) groups excluding carboxylic acids is 2. The monoisotopic (exact) mass is 408 g/mol. The van der Waals surface area contributed by atoms with Gasteiger partial charge in [-0.2, -0.15) is 0 Å². The maximum atomic E-state index is 12.7. The number of hydrogen-bond donors (Lipinski definition) is 2. The van der Waals surface area contributed by atoms with Crippen LogP contribution < -0.4 is 5.32 Å². The lowest BCUT2D eigenvalue weighted by molar-refractivity contribution is 0.0525. The number of amides is 1. The minimum atomic E-state index is -0.429. The molecule has 1 aromatic carbocycles. The first-order valence-corrected chi connectivity index (χ1v) is 10.1. The van der Waals surface area contributed by atoms with E-state index >= 15 is 0 Å². The van der Waals surface area contributed by atoms with Gasteiger partial charge in [0.05, 0.1) is 17.9 Å². The summed E-state index contributed by atoms with van der Waals surface area (Å²) >= 11 is 1.58. The van der Waals surface area contributed by atoms with Gasteiger partial charge >= 0.3 is 5.97 Å². The van der Waals surface area contributed by atoms with E-state index in [4.69, 9.17) is 4.74 Å². The van der Waals surface area contributed by atoms with Crippen molar-refractivity contribution in [1.29, 1.82) is 0 Å². The molecule has 0 radical (unpaired) electrons. The first-order valence-electron chi connectivity index (χ1n) is 9.18. The number of fused-ring (bicyclic) bond motifs is 1. The number of hydrogen-bond acceptors (Lipinski definition) is 5. The Bertz CT molecular complexity index is 1170. The third kappa shape index (κ3) is 3.54. The van der Waals surface area contributed by atoms with Crippen LogP contribution in [0.25, 0.3) is 16.2 Å². The number of H-pyrrole nitrogens is 1. The van der Waals surface area contributed by atoms with Crippen molar-refractivity contribution < 1.29 is 14.3 Å². The lowest BCUT2D eigenvalue weighted by atomic mass is 10.1. The summed E-state index contributed by atoms with van der Waals surface area (Å²) in [6.07, 6.45) is 3.94. The Morgan fingerprint density at radius 2 is 2.00 bits per heavy atom. The van der Waals surface area contributed by atoms with E-state index in [1.807, 2.05) is 46.4 Å². The van der Waals surface area contributed by atoms with Crippen LogP contribution in [0.15, 0.2) is 42.0 Å². The fourth-order valence-corrected chi connectivity index (χ4v) is 3.97. The number of aromatic amines is 1.